The van der Waals surface area contributed by atoms with Gasteiger partial charge in [-0.3, -0.25) is 4.79 Å². The van der Waals surface area contributed by atoms with Crippen LogP contribution < -0.4 is 10.6 Å². The molecule has 0 saturated carbocycles. The summed E-state index contributed by atoms with van der Waals surface area (Å²) >= 11 is 12.7. The molecule has 1 aliphatic rings. The number of halogens is 2. The Hall–Kier alpha value is -2.34. The summed E-state index contributed by atoms with van der Waals surface area (Å²) in [6, 6.07) is 12.7. The van der Waals surface area contributed by atoms with Crippen molar-refractivity contribution >= 4 is 40.5 Å². The van der Waals surface area contributed by atoms with Crippen molar-refractivity contribution in [3.63, 3.8) is 0 Å². The predicted molar refractivity (Wildman–Crippen MR) is 121 cm³/mol. The van der Waals surface area contributed by atoms with Gasteiger partial charge in [-0.05, 0) is 37.4 Å². The third-order valence-electron chi connectivity index (χ3n) is 4.78. The predicted octanol–water partition coefficient (Wildman–Crippen LogP) is 4.56. The number of hydrogen-bond acceptors (Lipinski definition) is 4. The van der Waals surface area contributed by atoms with Crippen LogP contribution in [0.15, 0.2) is 59.4 Å². The van der Waals surface area contributed by atoms with Crippen LogP contribution in [0.3, 0.4) is 0 Å². The molecule has 3 rings (SSSR count). The van der Waals surface area contributed by atoms with E-state index in [1.165, 1.54) is 0 Å². The van der Waals surface area contributed by atoms with Crippen molar-refractivity contribution in [1.82, 2.24) is 10.2 Å². The molecule has 0 bridgehead atoms. The van der Waals surface area contributed by atoms with Gasteiger partial charge in [0.1, 0.15) is 5.70 Å². The quantitative estimate of drug-likeness (QED) is 0.500. The zero-order valence-corrected chi connectivity index (χ0v) is 18.0. The van der Waals surface area contributed by atoms with E-state index in [9.17, 15) is 4.79 Å². The second kappa shape index (κ2) is 9.92. The van der Waals surface area contributed by atoms with E-state index < -0.39 is 0 Å². The van der Waals surface area contributed by atoms with Crippen LogP contribution in [0, 0.1) is 0 Å². The molecule has 5 nitrogen and oxygen atoms in total. The maximum Gasteiger partial charge on any atom is 0.275 e. The van der Waals surface area contributed by atoms with Gasteiger partial charge in [-0.1, -0.05) is 55.2 Å². The van der Waals surface area contributed by atoms with Gasteiger partial charge in [0.2, 0.25) is 0 Å². The smallest absolute Gasteiger partial charge is 0.275 e. The molecule has 2 N–H and O–H groups in total. The van der Waals surface area contributed by atoms with E-state index in [1.807, 2.05) is 18.2 Å². The third-order valence-corrected chi connectivity index (χ3v) is 5.35. The molecule has 2 aromatic rings. The van der Waals surface area contributed by atoms with E-state index in [-0.39, 0.29) is 11.6 Å². The lowest BCUT2D eigenvalue weighted by Gasteiger charge is -2.17. The number of carbonyl (C=O) groups is 1. The SMILES string of the molecule is CCN(CC)CCNC=C1N=C(c2ccccc2Cl)c2cc(Cl)ccc2NC1=O. The van der Waals surface area contributed by atoms with Crippen LogP contribution in [0.2, 0.25) is 10.0 Å². The lowest BCUT2D eigenvalue weighted by Crippen LogP contribution is -2.30. The lowest BCUT2D eigenvalue weighted by molar-refractivity contribution is -0.112. The molecule has 0 saturated heterocycles. The van der Waals surface area contributed by atoms with Crippen LogP contribution in [0.25, 0.3) is 0 Å². The zero-order chi connectivity index (χ0) is 20.8. The minimum Gasteiger partial charge on any atom is -0.388 e. The van der Waals surface area contributed by atoms with E-state index in [0.29, 0.717) is 28.0 Å². The van der Waals surface area contributed by atoms with Crippen LogP contribution in [-0.2, 0) is 4.79 Å². The van der Waals surface area contributed by atoms with E-state index in [1.54, 1.807) is 30.5 Å². The summed E-state index contributed by atoms with van der Waals surface area (Å²) in [5.74, 6) is -0.286. The Balaban J connectivity index is 1.98. The van der Waals surface area contributed by atoms with E-state index in [4.69, 9.17) is 23.2 Å². The summed E-state index contributed by atoms with van der Waals surface area (Å²) < 4.78 is 0. The first-order chi connectivity index (χ1) is 14.0. The van der Waals surface area contributed by atoms with Gasteiger partial charge in [-0.2, -0.15) is 0 Å². The molecule has 29 heavy (non-hydrogen) atoms. The van der Waals surface area contributed by atoms with Gasteiger partial charge in [0, 0.05) is 40.5 Å². The molecule has 0 radical (unpaired) electrons. The summed E-state index contributed by atoms with van der Waals surface area (Å²) in [7, 11) is 0. The normalized spacial score (nSPS) is 15.0. The molecule has 0 atom stereocenters. The van der Waals surface area contributed by atoms with E-state index in [2.05, 4.69) is 34.4 Å². The molecule has 2 aromatic carbocycles. The average molecular weight is 431 g/mol. The molecule has 0 aliphatic carbocycles. The number of nitrogens with zero attached hydrogens (tertiary/aromatic N) is 2. The number of hydrogen-bond donors (Lipinski definition) is 2. The standard InChI is InChI=1S/C22H24Cl2N4O/c1-3-28(4-2)12-11-25-14-20-22(29)27-19-10-9-15(23)13-17(19)21(26-20)16-7-5-6-8-18(16)24/h5-10,13-14,25H,3-4,11-12H2,1-2H3,(H,27,29). The zero-order valence-electron chi connectivity index (χ0n) is 16.5. The minimum absolute atomic E-state index is 0.284. The molecular formula is C22H24Cl2N4O. The van der Waals surface area contributed by atoms with Gasteiger partial charge in [0.05, 0.1) is 11.4 Å². The van der Waals surface area contributed by atoms with Crippen LogP contribution in [0.1, 0.15) is 25.0 Å². The summed E-state index contributed by atoms with van der Waals surface area (Å²) in [5.41, 5.74) is 2.99. The highest BCUT2D eigenvalue weighted by Crippen LogP contribution is 2.30. The summed E-state index contributed by atoms with van der Waals surface area (Å²) in [4.78, 5) is 19.7. The second-order valence-corrected chi connectivity index (χ2v) is 7.44. The molecule has 1 amide bonds. The van der Waals surface area contributed by atoms with E-state index >= 15 is 0 Å². The Labute approximate surface area is 181 Å². The largest absolute Gasteiger partial charge is 0.388 e. The molecule has 1 aliphatic heterocycles. The highest BCUT2D eigenvalue weighted by molar-refractivity contribution is 6.37. The topological polar surface area (TPSA) is 56.7 Å². The van der Waals surface area contributed by atoms with Gasteiger partial charge < -0.3 is 15.5 Å². The summed E-state index contributed by atoms with van der Waals surface area (Å²) in [6.45, 7) is 7.83. The lowest BCUT2D eigenvalue weighted by atomic mass is 10.0. The summed E-state index contributed by atoms with van der Waals surface area (Å²) in [5, 5.41) is 7.24. The van der Waals surface area contributed by atoms with Gasteiger partial charge >= 0.3 is 0 Å². The van der Waals surface area contributed by atoms with E-state index in [0.717, 1.165) is 30.8 Å². The number of benzodiazepines with no additional fused rings is 1. The molecular weight excluding hydrogens is 407 g/mol. The Bertz CT molecular complexity index is 952. The first-order valence-electron chi connectivity index (χ1n) is 9.64. The van der Waals surface area contributed by atoms with Crippen molar-refractivity contribution in [2.45, 2.75) is 13.8 Å². The number of benzene rings is 2. The third kappa shape index (κ3) is 5.18. The number of carbonyl (C=O) groups excluding carboxylic acids is 1. The molecule has 152 valence electrons. The number of nitrogens with one attached hydrogen (secondary N) is 2. The fourth-order valence-corrected chi connectivity index (χ4v) is 3.52. The fourth-order valence-electron chi connectivity index (χ4n) is 3.13. The number of aliphatic imine (C=N–C) groups is 1. The van der Waals surface area contributed by atoms with Crippen LogP contribution in [0.5, 0.6) is 0 Å². The van der Waals surface area contributed by atoms with Crippen molar-refractivity contribution in [1.29, 1.82) is 0 Å². The molecule has 0 unspecified atom stereocenters. The number of amides is 1. The van der Waals surface area contributed by atoms with Gasteiger partial charge in [0.15, 0.2) is 0 Å². The first kappa shape index (κ1) is 21.4. The molecule has 1 heterocycles. The highest BCUT2D eigenvalue weighted by atomic mass is 35.5. The Morgan fingerprint density at radius 1 is 1.10 bits per heavy atom. The minimum atomic E-state index is -0.286. The molecule has 0 aromatic heterocycles. The van der Waals surface area contributed by atoms with Gasteiger partial charge in [-0.15, -0.1) is 0 Å². The number of likely N-dealkylation sites (N-methyl/N-ethyl adjacent to an activating group) is 1. The number of rotatable bonds is 7. The highest BCUT2D eigenvalue weighted by Gasteiger charge is 2.23. The van der Waals surface area contributed by atoms with Crippen molar-refractivity contribution in [3.05, 3.63) is 75.5 Å². The Morgan fingerprint density at radius 3 is 2.59 bits per heavy atom. The molecule has 7 heteroatoms. The van der Waals surface area contributed by atoms with Gasteiger partial charge in [0.25, 0.3) is 5.91 Å². The van der Waals surface area contributed by atoms with Crippen molar-refractivity contribution in [3.8, 4) is 0 Å². The monoisotopic (exact) mass is 430 g/mol. The maximum atomic E-state index is 12.8. The molecule has 0 spiro atoms. The number of fused-ring (bicyclic) bond motifs is 1. The van der Waals surface area contributed by atoms with Crippen LogP contribution in [0.4, 0.5) is 5.69 Å². The maximum absolute atomic E-state index is 12.8. The second-order valence-electron chi connectivity index (χ2n) is 6.59. The molecule has 0 fully saturated rings. The van der Waals surface area contributed by atoms with Crippen molar-refractivity contribution < 1.29 is 4.79 Å². The van der Waals surface area contributed by atoms with Crippen molar-refractivity contribution in [2.24, 2.45) is 4.99 Å². The Kier molecular flexibility index (Phi) is 7.31. The number of anilines is 1. The first-order valence-corrected chi connectivity index (χ1v) is 10.4. The fraction of sp³-hybridized carbons (Fsp3) is 0.273. The summed E-state index contributed by atoms with van der Waals surface area (Å²) in [6.07, 6.45) is 1.66. The van der Waals surface area contributed by atoms with Gasteiger partial charge in [-0.25, -0.2) is 4.99 Å². The van der Waals surface area contributed by atoms with Crippen LogP contribution >= 0.6 is 23.2 Å². The average Bonchev–Trinajstić information content (AvgIpc) is 2.85. The van der Waals surface area contributed by atoms with Crippen LogP contribution in [-0.4, -0.2) is 42.7 Å². The van der Waals surface area contributed by atoms with Crippen molar-refractivity contribution in [2.75, 3.05) is 31.5 Å². The Morgan fingerprint density at radius 2 is 1.86 bits per heavy atom.